The zero-order valence-electron chi connectivity index (χ0n) is 12.1. The first-order chi connectivity index (χ1) is 8.98. The van der Waals surface area contributed by atoms with Crippen LogP contribution in [0.25, 0.3) is 11.2 Å². The summed E-state index contributed by atoms with van der Waals surface area (Å²) in [6, 6.07) is 0. The van der Waals surface area contributed by atoms with Gasteiger partial charge in [0, 0.05) is 13.6 Å². The van der Waals surface area contributed by atoms with Crippen molar-refractivity contribution >= 4 is 22.8 Å². The van der Waals surface area contributed by atoms with E-state index in [1.807, 2.05) is 18.7 Å². The van der Waals surface area contributed by atoms with Crippen LogP contribution in [0.2, 0.25) is 0 Å². The van der Waals surface area contributed by atoms with Gasteiger partial charge in [-0.25, -0.2) is 4.98 Å². The summed E-state index contributed by atoms with van der Waals surface area (Å²) in [5, 5.41) is 4.47. The molecule has 0 N–H and O–H groups in total. The van der Waals surface area contributed by atoms with E-state index in [1.54, 1.807) is 0 Å². The van der Waals surface area contributed by atoms with Crippen molar-refractivity contribution in [2.75, 3.05) is 0 Å². The molecule has 2 heterocycles. The predicted octanol–water partition coefficient (Wildman–Crippen LogP) is 3.25. The molecule has 0 bridgehead atoms. The Kier molecular flexibility index (Phi) is 2.89. The molecule has 19 heavy (non-hydrogen) atoms. The average molecular weight is 281 g/mol. The van der Waals surface area contributed by atoms with E-state index in [1.165, 1.54) is 12.8 Å². The fourth-order valence-corrected chi connectivity index (χ4v) is 3.25. The molecule has 1 saturated carbocycles. The van der Waals surface area contributed by atoms with E-state index < -0.39 is 0 Å². The van der Waals surface area contributed by atoms with E-state index in [4.69, 9.17) is 11.6 Å². The Hall–Kier alpha value is -1.03. The van der Waals surface area contributed by atoms with Crippen molar-refractivity contribution in [3.8, 4) is 0 Å². The van der Waals surface area contributed by atoms with E-state index in [0.717, 1.165) is 29.2 Å². The molecule has 104 valence electrons. The summed E-state index contributed by atoms with van der Waals surface area (Å²) in [7, 11) is 1.99. The lowest BCUT2D eigenvalue weighted by Crippen LogP contribution is -2.20. The van der Waals surface area contributed by atoms with Crippen molar-refractivity contribution in [2.24, 2.45) is 18.4 Å². The van der Waals surface area contributed by atoms with Gasteiger partial charge in [-0.15, -0.1) is 11.6 Å². The molecule has 0 atom stereocenters. The monoisotopic (exact) mass is 280 g/mol. The van der Waals surface area contributed by atoms with Crippen LogP contribution in [0.5, 0.6) is 0 Å². The van der Waals surface area contributed by atoms with Crippen LogP contribution in [0.1, 0.15) is 38.2 Å². The lowest BCUT2D eigenvalue weighted by atomic mass is 9.92. The maximum atomic E-state index is 6.08. The molecular formula is C14H21ClN4. The quantitative estimate of drug-likeness (QED) is 0.806. The summed E-state index contributed by atoms with van der Waals surface area (Å²) >= 11 is 6.08. The third-order valence-electron chi connectivity index (χ3n) is 4.68. The third kappa shape index (κ3) is 1.88. The van der Waals surface area contributed by atoms with E-state index in [9.17, 15) is 0 Å². The van der Waals surface area contributed by atoms with Gasteiger partial charge in [0.15, 0.2) is 5.65 Å². The number of aromatic nitrogens is 4. The Morgan fingerprint density at radius 3 is 2.58 bits per heavy atom. The lowest BCUT2D eigenvalue weighted by molar-refractivity contribution is 0.308. The van der Waals surface area contributed by atoms with Crippen molar-refractivity contribution in [2.45, 2.75) is 46.0 Å². The Balaban J connectivity index is 2.11. The molecular weight excluding hydrogens is 260 g/mol. The number of rotatable bonds is 4. The molecule has 0 radical (unpaired) electrons. The summed E-state index contributed by atoms with van der Waals surface area (Å²) in [6.07, 6.45) is 2.62. The minimum absolute atomic E-state index is 0.437. The van der Waals surface area contributed by atoms with E-state index in [2.05, 4.69) is 28.5 Å². The topological polar surface area (TPSA) is 35.6 Å². The highest BCUT2D eigenvalue weighted by Gasteiger charge is 2.46. The average Bonchev–Trinajstić information content (AvgIpc) is 2.96. The first kappa shape index (κ1) is 13.0. The van der Waals surface area contributed by atoms with E-state index in [-0.39, 0.29) is 0 Å². The number of fused-ring (bicyclic) bond motifs is 1. The van der Waals surface area contributed by atoms with Crippen molar-refractivity contribution < 1.29 is 0 Å². The number of hydrogen-bond acceptors (Lipinski definition) is 2. The van der Waals surface area contributed by atoms with Crippen LogP contribution >= 0.6 is 11.6 Å². The summed E-state index contributed by atoms with van der Waals surface area (Å²) in [4.78, 5) is 4.67. The van der Waals surface area contributed by atoms with Crippen LogP contribution in [0.4, 0.5) is 0 Å². The van der Waals surface area contributed by atoms with Gasteiger partial charge < -0.3 is 4.57 Å². The highest BCUT2D eigenvalue weighted by Crippen LogP contribution is 2.53. The first-order valence-corrected chi connectivity index (χ1v) is 7.46. The fraction of sp³-hybridized carbons (Fsp3) is 0.714. The largest absolute Gasteiger partial charge is 0.311 e. The highest BCUT2D eigenvalue weighted by atomic mass is 35.5. The standard InChI is InChI=1S/C14H21ClN4/c1-9(2)14(5-6-14)8-19-11(7-15)16-12-10(3)17-18(4)13(12)19/h9H,5-8H2,1-4H3. The van der Waals surface area contributed by atoms with E-state index >= 15 is 0 Å². The van der Waals surface area contributed by atoms with Crippen LogP contribution in [0.15, 0.2) is 0 Å². The van der Waals surface area contributed by atoms with Gasteiger partial charge >= 0.3 is 0 Å². The molecule has 0 saturated heterocycles. The second-order valence-corrected chi connectivity index (χ2v) is 6.41. The van der Waals surface area contributed by atoms with Crippen LogP contribution in [0.3, 0.4) is 0 Å². The number of nitrogens with zero attached hydrogens (tertiary/aromatic N) is 4. The number of halogens is 1. The second kappa shape index (κ2) is 4.23. The van der Waals surface area contributed by atoms with Crippen LogP contribution in [0, 0.1) is 18.3 Å². The summed E-state index contributed by atoms with van der Waals surface area (Å²) in [5.74, 6) is 2.13. The molecule has 0 unspecified atom stereocenters. The minimum Gasteiger partial charge on any atom is -0.311 e. The SMILES string of the molecule is Cc1nn(C)c2c1nc(CCl)n2CC1(C(C)C)CC1. The molecule has 0 amide bonds. The summed E-state index contributed by atoms with van der Waals surface area (Å²) < 4.78 is 4.22. The van der Waals surface area contributed by atoms with Gasteiger partial charge in [-0.2, -0.15) is 5.10 Å². The molecule has 2 aromatic heterocycles. The molecule has 1 aliphatic rings. The van der Waals surface area contributed by atoms with Crippen molar-refractivity contribution in [1.29, 1.82) is 0 Å². The van der Waals surface area contributed by atoms with Gasteiger partial charge in [-0.3, -0.25) is 4.68 Å². The minimum atomic E-state index is 0.437. The maximum Gasteiger partial charge on any atom is 0.158 e. The second-order valence-electron chi connectivity index (χ2n) is 6.15. The van der Waals surface area contributed by atoms with Gasteiger partial charge in [-0.05, 0) is 31.1 Å². The zero-order chi connectivity index (χ0) is 13.8. The molecule has 1 fully saturated rings. The molecule has 0 aromatic carbocycles. The fourth-order valence-electron chi connectivity index (χ4n) is 3.04. The summed E-state index contributed by atoms with van der Waals surface area (Å²) in [5.41, 5.74) is 3.53. The molecule has 0 spiro atoms. The van der Waals surface area contributed by atoms with Crippen molar-refractivity contribution in [3.63, 3.8) is 0 Å². The Morgan fingerprint density at radius 1 is 1.37 bits per heavy atom. The molecule has 2 aromatic rings. The predicted molar refractivity (Wildman–Crippen MR) is 77.3 cm³/mol. The number of alkyl halides is 1. The van der Waals surface area contributed by atoms with Crippen molar-refractivity contribution in [3.05, 3.63) is 11.5 Å². The molecule has 3 rings (SSSR count). The molecule has 4 nitrogen and oxygen atoms in total. The molecule has 1 aliphatic carbocycles. The Labute approximate surface area is 118 Å². The van der Waals surface area contributed by atoms with Crippen LogP contribution in [-0.4, -0.2) is 19.3 Å². The van der Waals surface area contributed by atoms with Crippen LogP contribution < -0.4 is 0 Å². The molecule has 5 heteroatoms. The van der Waals surface area contributed by atoms with Gasteiger partial charge in [0.05, 0.1) is 11.6 Å². The Morgan fingerprint density at radius 2 is 2.05 bits per heavy atom. The van der Waals surface area contributed by atoms with Gasteiger partial charge in [0.2, 0.25) is 0 Å². The molecule has 0 aliphatic heterocycles. The number of aryl methyl sites for hydroxylation is 2. The van der Waals surface area contributed by atoms with Crippen LogP contribution in [-0.2, 0) is 19.5 Å². The van der Waals surface area contributed by atoms with Gasteiger partial charge in [0.25, 0.3) is 0 Å². The zero-order valence-corrected chi connectivity index (χ0v) is 12.8. The summed E-state index contributed by atoms with van der Waals surface area (Å²) in [6.45, 7) is 7.65. The third-order valence-corrected chi connectivity index (χ3v) is 4.92. The number of imidazole rings is 1. The Bertz CT molecular complexity index is 619. The maximum absolute atomic E-state index is 6.08. The highest BCUT2D eigenvalue weighted by molar-refractivity contribution is 6.16. The smallest absolute Gasteiger partial charge is 0.158 e. The normalized spacial score (nSPS) is 17.6. The van der Waals surface area contributed by atoms with E-state index in [0.29, 0.717) is 17.2 Å². The van der Waals surface area contributed by atoms with Gasteiger partial charge in [-0.1, -0.05) is 13.8 Å². The van der Waals surface area contributed by atoms with Crippen molar-refractivity contribution in [1.82, 2.24) is 19.3 Å². The van der Waals surface area contributed by atoms with Gasteiger partial charge in [0.1, 0.15) is 11.3 Å². The number of hydrogen-bond donors (Lipinski definition) is 0. The first-order valence-electron chi connectivity index (χ1n) is 6.93. The lowest BCUT2D eigenvalue weighted by Gasteiger charge is -2.21.